The molecular formula is C28H36O2. The fourth-order valence-corrected chi connectivity index (χ4v) is 8.38. The lowest BCUT2D eigenvalue weighted by molar-refractivity contribution is -0.152. The van der Waals surface area contributed by atoms with Gasteiger partial charge in [-0.3, -0.25) is 0 Å². The van der Waals surface area contributed by atoms with Gasteiger partial charge >= 0.3 is 0 Å². The van der Waals surface area contributed by atoms with E-state index in [1.807, 2.05) is 26.0 Å². The molecule has 2 aromatic rings. The van der Waals surface area contributed by atoms with Crippen LogP contribution < -0.4 is 0 Å². The molecule has 30 heavy (non-hydrogen) atoms. The third-order valence-corrected chi connectivity index (χ3v) is 9.11. The summed E-state index contributed by atoms with van der Waals surface area (Å²) in [5.74, 6) is 2.30. The highest BCUT2D eigenvalue weighted by molar-refractivity contribution is 5.51. The molecule has 4 bridgehead atoms. The van der Waals surface area contributed by atoms with Crippen LogP contribution >= 0.6 is 0 Å². The second kappa shape index (κ2) is 6.28. The molecule has 0 aromatic heterocycles. The highest BCUT2D eigenvalue weighted by Gasteiger charge is 2.67. The minimum absolute atomic E-state index is 0.122. The van der Waals surface area contributed by atoms with Crippen molar-refractivity contribution >= 4 is 0 Å². The zero-order valence-corrected chi connectivity index (χ0v) is 19.1. The Hall–Kier alpha value is -1.96. The molecule has 4 aliphatic carbocycles. The lowest BCUT2D eigenvalue weighted by atomic mass is 9.33. The highest BCUT2D eigenvalue weighted by atomic mass is 16.3. The maximum Gasteiger partial charge on any atom is 0.119 e. The normalized spacial score (nSPS) is 37.1. The number of phenolic OH excluding ortho intramolecular Hbond substituents is 2. The maximum atomic E-state index is 11.2. The summed E-state index contributed by atoms with van der Waals surface area (Å²) in [5, 5.41) is 22.2. The van der Waals surface area contributed by atoms with Crippen LogP contribution in [-0.4, -0.2) is 10.2 Å². The van der Waals surface area contributed by atoms with Gasteiger partial charge in [0.2, 0.25) is 0 Å². The number of aryl methyl sites for hydroxylation is 2. The van der Waals surface area contributed by atoms with Crippen molar-refractivity contribution in [2.24, 2.45) is 22.7 Å². The summed E-state index contributed by atoms with van der Waals surface area (Å²) in [6.45, 7) is 11.4. The SMILES string of the molecule is Cc1ccc(C2C3CC4(C)CC(C(C)C)(C3)CC2(c2ccc(C)cc2O)C4)c(O)c1. The standard InChI is InChI=1S/C28H36O2/c1-17(2)27-13-20-12-26(5,14-27)15-28(16-27,22-9-7-19(4)11-24(22)30)25(20)21-8-6-18(3)10-23(21)29/h6-11,17,20,25,29-30H,12-16H2,1-5H3. The van der Waals surface area contributed by atoms with Crippen LogP contribution in [0.25, 0.3) is 0 Å². The Morgan fingerprint density at radius 1 is 0.867 bits per heavy atom. The molecule has 2 heteroatoms. The number of phenols is 2. The van der Waals surface area contributed by atoms with Gasteiger partial charge < -0.3 is 10.2 Å². The van der Waals surface area contributed by atoms with Gasteiger partial charge in [-0.25, -0.2) is 0 Å². The molecule has 4 saturated carbocycles. The van der Waals surface area contributed by atoms with Crippen molar-refractivity contribution in [3.8, 4) is 11.5 Å². The fraction of sp³-hybridized carbons (Fsp3) is 0.571. The van der Waals surface area contributed by atoms with E-state index in [1.54, 1.807) is 0 Å². The van der Waals surface area contributed by atoms with E-state index in [1.165, 1.54) is 19.3 Å². The van der Waals surface area contributed by atoms with Crippen LogP contribution in [0.3, 0.4) is 0 Å². The van der Waals surface area contributed by atoms with E-state index in [9.17, 15) is 10.2 Å². The molecule has 4 fully saturated rings. The Kier molecular flexibility index (Phi) is 4.18. The summed E-state index contributed by atoms with van der Waals surface area (Å²) in [6.07, 6.45) is 5.98. The van der Waals surface area contributed by atoms with Gasteiger partial charge in [0.05, 0.1) is 0 Å². The Bertz CT molecular complexity index is 1010. The molecule has 0 radical (unpaired) electrons. The Balaban J connectivity index is 1.77. The molecule has 0 aliphatic heterocycles. The molecule has 4 aliphatic rings. The van der Waals surface area contributed by atoms with Crippen LogP contribution in [0.5, 0.6) is 11.5 Å². The Labute approximate surface area is 181 Å². The summed E-state index contributed by atoms with van der Waals surface area (Å²) >= 11 is 0. The lowest BCUT2D eigenvalue weighted by Gasteiger charge is -2.70. The molecule has 0 amide bonds. The second-order valence-electron chi connectivity index (χ2n) is 11.7. The molecule has 2 N–H and O–H groups in total. The third-order valence-electron chi connectivity index (χ3n) is 9.11. The monoisotopic (exact) mass is 404 g/mol. The van der Waals surface area contributed by atoms with Crippen LogP contribution in [0.4, 0.5) is 0 Å². The molecule has 0 spiro atoms. The van der Waals surface area contributed by atoms with E-state index >= 15 is 0 Å². The van der Waals surface area contributed by atoms with Crippen molar-refractivity contribution in [1.82, 2.24) is 0 Å². The average Bonchev–Trinajstić information content (AvgIpc) is 2.61. The van der Waals surface area contributed by atoms with E-state index in [0.29, 0.717) is 34.2 Å². The molecule has 160 valence electrons. The summed E-state index contributed by atoms with van der Waals surface area (Å²) in [5.41, 5.74) is 4.90. The molecule has 5 atom stereocenters. The average molecular weight is 405 g/mol. The van der Waals surface area contributed by atoms with Crippen molar-refractivity contribution in [3.63, 3.8) is 0 Å². The van der Waals surface area contributed by atoms with Gasteiger partial charge in [0, 0.05) is 16.9 Å². The van der Waals surface area contributed by atoms with Gasteiger partial charge in [-0.15, -0.1) is 0 Å². The van der Waals surface area contributed by atoms with Crippen LogP contribution in [0, 0.1) is 36.5 Å². The van der Waals surface area contributed by atoms with E-state index in [0.717, 1.165) is 35.1 Å². The van der Waals surface area contributed by atoms with Gasteiger partial charge in [-0.05, 0) is 97.4 Å². The minimum atomic E-state index is -0.122. The van der Waals surface area contributed by atoms with Gasteiger partial charge in [0.25, 0.3) is 0 Å². The zero-order valence-electron chi connectivity index (χ0n) is 19.1. The van der Waals surface area contributed by atoms with Crippen molar-refractivity contribution < 1.29 is 10.2 Å². The number of hydrogen-bond acceptors (Lipinski definition) is 2. The number of aromatic hydroxyl groups is 2. The first-order valence-electron chi connectivity index (χ1n) is 11.7. The van der Waals surface area contributed by atoms with E-state index < -0.39 is 0 Å². The Morgan fingerprint density at radius 2 is 1.53 bits per heavy atom. The number of rotatable bonds is 3. The molecule has 2 nitrogen and oxygen atoms in total. The smallest absolute Gasteiger partial charge is 0.119 e. The maximum absolute atomic E-state index is 11.2. The van der Waals surface area contributed by atoms with Crippen LogP contribution in [0.2, 0.25) is 0 Å². The van der Waals surface area contributed by atoms with Crippen molar-refractivity contribution in [1.29, 1.82) is 0 Å². The lowest BCUT2D eigenvalue weighted by Crippen LogP contribution is -2.62. The Morgan fingerprint density at radius 3 is 2.17 bits per heavy atom. The van der Waals surface area contributed by atoms with Gasteiger partial charge in [0.15, 0.2) is 0 Å². The largest absolute Gasteiger partial charge is 0.508 e. The third kappa shape index (κ3) is 2.68. The van der Waals surface area contributed by atoms with E-state index in [-0.39, 0.29) is 11.3 Å². The van der Waals surface area contributed by atoms with Crippen molar-refractivity contribution in [2.45, 2.75) is 78.1 Å². The topological polar surface area (TPSA) is 40.5 Å². The van der Waals surface area contributed by atoms with Gasteiger partial charge in [-0.2, -0.15) is 0 Å². The fourth-order valence-electron chi connectivity index (χ4n) is 8.38. The van der Waals surface area contributed by atoms with Crippen LogP contribution in [0.15, 0.2) is 36.4 Å². The van der Waals surface area contributed by atoms with Crippen molar-refractivity contribution in [2.75, 3.05) is 0 Å². The van der Waals surface area contributed by atoms with Gasteiger partial charge in [-0.1, -0.05) is 45.0 Å². The summed E-state index contributed by atoms with van der Waals surface area (Å²) in [7, 11) is 0. The number of hydrogen-bond donors (Lipinski definition) is 2. The summed E-state index contributed by atoms with van der Waals surface area (Å²) in [6, 6.07) is 12.5. The minimum Gasteiger partial charge on any atom is -0.508 e. The predicted molar refractivity (Wildman–Crippen MR) is 122 cm³/mol. The molecule has 6 rings (SSSR count). The summed E-state index contributed by atoms with van der Waals surface area (Å²) in [4.78, 5) is 0. The molecule has 0 saturated heterocycles. The van der Waals surface area contributed by atoms with Crippen LogP contribution in [-0.2, 0) is 5.41 Å². The molecule has 2 aromatic carbocycles. The van der Waals surface area contributed by atoms with E-state index in [2.05, 4.69) is 45.0 Å². The first kappa shape index (κ1) is 20.0. The van der Waals surface area contributed by atoms with Crippen LogP contribution in [0.1, 0.15) is 81.0 Å². The molecule has 0 heterocycles. The second-order valence-corrected chi connectivity index (χ2v) is 11.7. The van der Waals surface area contributed by atoms with Crippen molar-refractivity contribution in [3.05, 3.63) is 58.7 Å². The highest BCUT2D eigenvalue weighted by Crippen LogP contribution is 2.76. The quantitative estimate of drug-likeness (QED) is 0.578. The first-order chi connectivity index (χ1) is 14.1. The molecular weight excluding hydrogens is 368 g/mol. The molecule has 5 unspecified atom stereocenters. The predicted octanol–water partition coefficient (Wildman–Crippen LogP) is 6.99. The van der Waals surface area contributed by atoms with E-state index in [4.69, 9.17) is 0 Å². The first-order valence-corrected chi connectivity index (χ1v) is 11.7. The van der Waals surface area contributed by atoms with Gasteiger partial charge in [0.1, 0.15) is 11.5 Å². The zero-order chi connectivity index (χ0) is 21.5. The number of benzene rings is 2. The summed E-state index contributed by atoms with van der Waals surface area (Å²) < 4.78 is 0.